The summed E-state index contributed by atoms with van der Waals surface area (Å²) in [4.78, 5) is 4.86. The van der Waals surface area contributed by atoms with Crippen molar-refractivity contribution in [2.24, 2.45) is 5.92 Å². The van der Waals surface area contributed by atoms with Crippen LogP contribution < -0.4 is 0 Å². The van der Waals surface area contributed by atoms with Crippen LogP contribution in [0.1, 0.15) is 37.7 Å². The molecule has 0 bridgehead atoms. The Morgan fingerprint density at radius 1 is 1.21 bits per heavy atom. The fraction of sp³-hybridized carbons (Fsp3) is 0.526. The minimum Gasteiger partial charge on any atom is -0.332 e. The first-order valence-corrected chi connectivity index (χ1v) is 11.9. The van der Waals surface area contributed by atoms with E-state index in [2.05, 4.69) is 32.1 Å². The van der Waals surface area contributed by atoms with Crippen molar-refractivity contribution in [2.45, 2.75) is 51.0 Å². The van der Waals surface area contributed by atoms with Crippen molar-refractivity contribution in [1.29, 1.82) is 0 Å². The fourth-order valence-electron chi connectivity index (χ4n) is 3.94. The molecule has 3 aromatic rings. The SMILES string of the molecule is CCCn1c(C)cnc1CC1CCN(S(=O)(=O)c2cccc3nsnc23)CC1. The van der Waals surface area contributed by atoms with Gasteiger partial charge in [-0.25, -0.2) is 13.4 Å². The summed E-state index contributed by atoms with van der Waals surface area (Å²) in [6, 6.07) is 5.17. The second-order valence-electron chi connectivity index (χ2n) is 7.41. The smallest absolute Gasteiger partial charge is 0.245 e. The first-order valence-electron chi connectivity index (χ1n) is 9.73. The summed E-state index contributed by atoms with van der Waals surface area (Å²) in [6.07, 6.45) is 5.63. The van der Waals surface area contributed by atoms with Gasteiger partial charge in [0.25, 0.3) is 0 Å². The van der Waals surface area contributed by atoms with Crippen LogP contribution in [-0.2, 0) is 23.0 Å². The molecule has 0 N–H and O–H groups in total. The molecule has 1 saturated heterocycles. The molecule has 0 atom stereocenters. The highest BCUT2D eigenvalue weighted by molar-refractivity contribution is 7.89. The maximum absolute atomic E-state index is 13.2. The molecule has 0 spiro atoms. The predicted octanol–water partition coefficient (Wildman–Crippen LogP) is 3.25. The Labute approximate surface area is 169 Å². The van der Waals surface area contributed by atoms with Gasteiger partial charge < -0.3 is 4.57 Å². The molecule has 2 aromatic heterocycles. The molecule has 7 nitrogen and oxygen atoms in total. The van der Waals surface area contributed by atoms with Crippen LogP contribution in [0.3, 0.4) is 0 Å². The van der Waals surface area contributed by atoms with Crippen LogP contribution in [0.5, 0.6) is 0 Å². The number of benzene rings is 1. The van der Waals surface area contributed by atoms with E-state index in [4.69, 9.17) is 0 Å². The summed E-state index contributed by atoms with van der Waals surface area (Å²) >= 11 is 1.05. The van der Waals surface area contributed by atoms with E-state index in [1.807, 2.05) is 6.20 Å². The lowest BCUT2D eigenvalue weighted by Gasteiger charge is -2.31. The Balaban J connectivity index is 1.46. The van der Waals surface area contributed by atoms with E-state index >= 15 is 0 Å². The summed E-state index contributed by atoms with van der Waals surface area (Å²) in [5.41, 5.74) is 2.31. The highest BCUT2D eigenvalue weighted by atomic mass is 32.2. The molecule has 0 unspecified atom stereocenters. The standard InChI is InChI=1S/C19H25N5O2S2/c1-3-9-24-14(2)13-20-18(24)12-15-7-10-23(11-8-15)28(25,26)17-6-4-5-16-19(17)22-27-21-16/h4-6,13,15H,3,7-12H2,1-2H3. The van der Waals surface area contributed by atoms with Gasteiger partial charge in [0.05, 0.1) is 11.7 Å². The molecule has 1 aliphatic rings. The summed E-state index contributed by atoms with van der Waals surface area (Å²) < 4.78 is 38.5. The van der Waals surface area contributed by atoms with Crippen molar-refractivity contribution < 1.29 is 8.42 Å². The van der Waals surface area contributed by atoms with E-state index in [0.29, 0.717) is 30.0 Å². The minimum absolute atomic E-state index is 0.270. The van der Waals surface area contributed by atoms with Crippen LogP contribution in [0, 0.1) is 12.8 Å². The van der Waals surface area contributed by atoms with Gasteiger partial charge in [-0.1, -0.05) is 13.0 Å². The van der Waals surface area contributed by atoms with Crippen molar-refractivity contribution >= 4 is 32.8 Å². The van der Waals surface area contributed by atoms with E-state index in [0.717, 1.165) is 49.8 Å². The third kappa shape index (κ3) is 3.58. The zero-order chi connectivity index (χ0) is 19.7. The Morgan fingerprint density at radius 3 is 2.75 bits per heavy atom. The summed E-state index contributed by atoms with van der Waals surface area (Å²) in [5, 5.41) is 0. The van der Waals surface area contributed by atoms with Crippen LogP contribution >= 0.6 is 11.7 Å². The molecule has 0 aliphatic carbocycles. The molecular weight excluding hydrogens is 394 g/mol. The number of nitrogens with zero attached hydrogens (tertiary/aromatic N) is 5. The molecule has 0 saturated carbocycles. The number of rotatable bonds is 6. The second-order valence-corrected chi connectivity index (χ2v) is 9.84. The van der Waals surface area contributed by atoms with Gasteiger partial charge in [0, 0.05) is 37.9 Å². The Morgan fingerprint density at radius 2 is 2.00 bits per heavy atom. The number of hydrogen-bond acceptors (Lipinski definition) is 6. The zero-order valence-corrected chi connectivity index (χ0v) is 17.8. The normalized spacial score (nSPS) is 16.8. The average Bonchev–Trinajstić information content (AvgIpc) is 3.30. The zero-order valence-electron chi connectivity index (χ0n) is 16.2. The number of imidazole rings is 1. The number of sulfonamides is 1. The van der Waals surface area contributed by atoms with E-state index in [1.165, 1.54) is 5.69 Å². The number of aryl methyl sites for hydroxylation is 1. The molecule has 1 fully saturated rings. The van der Waals surface area contributed by atoms with Crippen LogP contribution in [0.2, 0.25) is 0 Å². The molecule has 3 heterocycles. The summed E-state index contributed by atoms with van der Waals surface area (Å²) in [5.74, 6) is 1.58. The topological polar surface area (TPSA) is 81.0 Å². The van der Waals surface area contributed by atoms with Crippen LogP contribution in [-0.4, -0.2) is 44.1 Å². The second kappa shape index (κ2) is 7.88. The number of hydrogen-bond donors (Lipinski definition) is 0. The highest BCUT2D eigenvalue weighted by Gasteiger charge is 2.31. The number of aromatic nitrogens is 4. The van der Waals surface area contributed by atoms with Gasteiger partial charge in [-0.3, -0.25) is 0 Å². The molecule has 0 amide bonds. The van der Waals surface area contributed by atoms with Crippen molar-refractivity contribution in [1.82, 2.24) is 22.6 Å². The first-order chi connectivity index (χ1) is 13.5. The van der Waals surface area contributed by atoms with Crippen molar-refractivity contribution in [2.75, 3.05) is 13.1 Å². The number of piperidine rings is 1. The van der Waals surface area contributed by atoms with Gasteiger partial charge >= 0.3 is 0 Å². The lowest BCUT2D eigenvalue weighted by molar-refractivity contribution is 0.269. The van der Waals surface area contributed by atoms with Crippen LogP contribution in [0.15, 0.2) is 29.3 Å². The van der Waals surface area contributed by atoms with E-state index in [-0.39, 0.29) is 4.90 Å². The lowest BCUT2D eigenvalue weighted by atomic mass is 9.94. The molecular formula is C19H25N5O2S2. The molecule has 150 valence electrons. The molecule has 1 aliphatic heterocycles. The summed E-state index contributed by atoms with van der Waals surface area (Å²) in [7, 11) is -3.55. The maximum atomic E-state index is 13.2. The van der Waals surface area contributed by atoms with Gasteiger partial charge in [0.2, 0.25) is 10.0 Å². The summed E-state index contributed by atoms with van der Waals surface area (Å²) in [6.45, 7) is 6.32. The third-order valence-corrected chi connectivity index (χ3v) is 7.97. The minimum atomic E-state index is -3.55. The Bertz CT molecular complexity index is 1070. The quantitative estimate of drug-likeness (QED) is 0.613. The molecule has 9 heteroatoms. The monoisotopic (exact) mass is 419 g/mol. The van der Waals surface area contributed by atoms with Crippen LogP contribution in [0.25, 0.3) is 11.0 Å². The maximum Gasteiger partial charge on any atom is 0.245 e. The van der Waals surface area contributed by atoms with Crippen LogP contribution in [0.4, 0.5) is 0 Å². The van der Waals surface area contributed by atoms with Crippen molar-refractivity contribution in [3.63, 3.8) is 0 Å². The van der Waals surface area contributed by atoms with Crippen molar-refractivity contribution in [3.8, 4) is 0 Å². The van der Waals surface area contributed by atoms with Gasteiger partial charge in [0.15, 0.2) is 0 Å². The fourth-order valence-corrected chi connectivity index (χ4v) is 6.17. The van der Waals surface area contributed by atoms with E-state index < -0.39 is 10.0 Å². The van der Waals surface area contributed by atoms with E-state index in [1.54, 1.807) is 22.5 Å². The Kier molecular flexibility index (Phi) is 5.48. The first kappa shape index (κ1) is 19.5. The predicted molar refractivity (Wildman–Crippen MR) is 110 cm³/mol. The largest absolute Gasteiger partial charge is 0.332 e. The molecule has 4 rings (SSSR count). The molecule has 0 radical (unpaired) electrons. The molecule has 28 heavy (non-hydrogen) atoms. The number of fused-ring (bicyclic) bond motifs is 1. The third-order valence-electron chi connectivity index (χ3n) is 5.50. The highest BCUT2D eigenvalue weighted by Crippen LogP contribution is 2.29. The lowest BCUT2D eigenvalue weighted by Crippen LogP contribution is -2.39. The van der Waals surface area contributed by atoms with Crippen molar-refractivity contribution in [3.05, 3.63) is 35.9 Å². The van der Waals surface area contributed by atoms with Gasteiger partial charge in [0.1, 0.15) is 21.8 Å². The van der Waals surface area contributed by atoms with E-state index in [9.17, 15) is 8.42 Å². The van der Waals surface area contributed by atoms with Gasteiger partial charge in [-0.15, -0.1) is 0 Å². The Hall–Kier alpha value is -1.84. The molecule has 1 aromatic carbocycles. The van der Waals surface area contributed by atoms with Gasteiger partial charge in [-0.2, -0.15) is 13.1 Å². The average molecular weight is 420 g/mol. The van der Waals surface area contributed by atoms with Gasteiger partial charge in [-0.05, 0) is 44.2 Å².